The standard InChI is InChI=1S/C14H17N/c1-10(2)9-12-5-4-6-14-13(12)8-7-11(3)15-14/h4-8,10H,9H2,1-3H3. The number of pyridine rings is 1. The third-order valence-electron chi connectivity index (χ3n) is 2.59. The number of benzene rings is 1. The minimum absolute atomic E-state index is 0.692. The molecule has 1 aromatic carbocycles. The average Bonchev–Trinajstić information content (AvgIpc) is 2.16. The molecule has 0 aliphatic heterocycles. The molecule has 0 aliphatic rings. The maximum atomic E-state index is 4.54. The summed E-state index contributed by atoms with van der Waals surface area (Å²) in [5.41, 5.74) is 3.62. The molecule has 2 rings (SSSR count). The summed E-state index contributed by atoms with van der Waals surface area (Å²) in [6, 6.07) is 10.7. The largest absolute Gasteiger partial charge is 0.253 e. The molecule has 1 nitrogen and oxygen atoms in total. The second-order valence-electron chi connectivity index (χ2n) is 4.53. The molecular weight excluding hydrogens is 182 g/mol. The fourth-order valence-corrected chi connectivity index (χ4v) is 1.94. The van der Waals surface area contributed by atoms with Gasteiger partial charge in [-0.2, -0.15) is 0 Å². The zero-order valence-electron chi connectivity index (χ0n) is 9.62. The van der Waals surface area contributed by atoms with E-state index in [-0.39, 0.29) is 0 Å². The lowest BCUT2D eigenvalue weighted by Crippen LogP contribution is -1.95. The van der Waals surface area contributed by atoms with Gasteiger partial charge in [-0.15, -0.1) is 0 Å². The highest BCUT2D eigenvalue weighted by Crippen LogP contribution is 2.20. The Kier molecular flexibility index (Phi) is 2.72. The van der Waals surface area contributed by atoms with Crippen LogP contribution in [0.3, 0.4) is 0 Å². The van der Waals surface area contributed by atoms with E-state index in [0.717, 1.165) is 17.6 Å². The summed E-state index contributed by atoms with van der Waals surface area (Å²) in [6.45, 7) is 6.54. The first kappa shape index (κ1) is 10.2. The van der Waals surface area contributed by atoms with Gasteiger partial charge in [0, 0.05) is 11.1 Å². The van der Waals surface area contributed by atoms with Crippen molar-refractivity contribution in [3.8, 4) is 0 Å². The Bertz CT molecular complexity index is 472. The molecule has 1 heterocycles. The van der Waals surface area contributed by atoms with Gasteiger partial charge in [0.25, 0.3) is 0 Å². The van der Waals surface area contributed by atoms with E-state index in [1.807, 2.05) is 6.92 Å². The predicted molar refractivity (Wildman–Crippen MR) is 65.0 cm³/mol. The molecular formula is C14H17N. The molecule has 0 spiro atoms. The molecule has 1 heteroatoms. The second kappa shape index (κ2) is 4.01. The summed E-state index contributed by atoms with van der Waals surface area (Å²) >= 11 is 0. The highest BCUT2D eigenvalue weighted by molar-refractivity contribution is 5.82. The van der Waals surface area contributed by atoms with E-state index in [0.29, 0.717) is 5.92 Å². The van der Waals surface area contributed by atoms with Crippen molar-refractivity contribution in [1.29, 1.82) is 0 Å². The SMILES string of the molecule is Cc1ccc2c(CC(C)C)cccc2n1. The zero-order chi connectivity index (χ0) is 10.8. The lowest BCUT2D eigenvalue weighted by molar-refractivity contribution is 0.650. The number of hydrogen-bond acceptors (Lipinski definition) is 1. The van der Waals surface area contributed by atoms with Crippen LogP contribution >= 0.6 is 0 Å². The Morgan fingerprint density at radius 1 is 1.13 bits per heavy atom. The number of hydrogen-bond donors (Lipinski definition) is 0. The van der Waals surface area contributed by atoms with Crippen molar-refractivity contribution in [2.45, 2.75) is 27.2 Å². The second-order valence-corrected chi connectivity index (χ2v) is 4.53. The Hall–Kier alpha value is -1.37. The van der Waals surface area contributed by atoms with Crippen LogP contribution in [0.15, 0.2) is 30.3 Å². The van der Waals surface area contributed by atoms with Crippen LogP contribution in [0.4, 0.5) is 0 Å². The van der Waals surface area contributed by atoms with Crippen molar-refractivity contribution in [2.75, 3.05) is 0 Å². The maximum Gasteiger partial charge on any atom is 0.0707 e. The molecule has 0 N–H and O–H groups in total. The molecule has 78 valence electrons. The molecule has 2 aromatic rings. The van der Waals surface area contributed by atoms with E-state index < -0.39 is 0 Å². The van der Waals surface area contributed by atoms with E-state index >= 15 is 0 Å². The highest BCUT2D eigenvalue weighted by atomic mass is 14.7. The number of nitrogens with zero attached hydrogens (tertiary/aromatic N) is 1. The van der Waals surface area contributed by atoms with Crippen LogP contribution in [-0.2, 0) is 6.42 Å². The Balaban J connectivity index is 2.56. The van der Waals surface area contributed by atoms with Crippen molar-refractivity contribution in [3.63, 3.8) is 0 Å². The van der Waals surface area contributed by atoms with E-state index in [2.05, 4.69) is 49.2 Å². The summed E-state index contributed by atoms with van der Waals surface area (Å²) in [5, 5.41) is 1.30. The first-order valence-corrected chi connectivity index (χ1v) is 5.52. The van der Waals surface area contributed by atoms with Crippen molar-refractivity contribution >= 4 is 10.9 Å². The summed E-state index contributed by atoms with van der Waals surface area (Å²) in [7, 11) is 0. The monoisotopic (exact) mass is 199 g/mol. The van der Waals surface area contributed by atoms with Gasteiger partial charge in [0.05, 0.1) is 5.52 Å². The first-order valence-electron chi connectivity index (χ1n) is 5.52. The Morgan fingerprint density at radius 3 is 2.67 bits per heavy atom. The van der Waals surface area contributed by atoms with Gasteiger partial charge in [-0.25, -0.2) is 0 Å². The molecule has 0 amide bonds. The van der Waals surface area contributed by atoms with Gasteiger partial charge in [0.2, 0.25) is 0 Å². The fraction of sp³-hybridized carbons (Fsp3) is 0.357. The smallest absolute Gasteiger partial charge is 0.0707 e. The molecule has 1 aromatic heterocycles. The summed E-state index contributed by atoms with van der Waals surface area (Å²) < 4.78 is 0. The molecule has 0 atom stereocenters. The maximum absolute atomic E-state index is 4.54. The van der Waals surface area contributed by atoms with Crippen LogP contribution < -0.4 is 0 Å². The van der Waals surface area contributed by atoms with Crippen LogP contribution in [0.1, 0.15) is 25.1 Å². The Morgan fingerprint density at radius 2 is 1.93 bits per heavy atom. The molecule has 15 heavy (non-hydrogen) atoms. The normalized spacial score (nSPS) is 11.2. The lowest BCUT2D eigenvalue weighted by atomic mass is 9.99. The van der Waals surface area contributed by atoms with E-state index in [9.17, 15) is 0 Å². The molecule has 0 aliphatic carbocycles. The van der Waals surface area contributed by atoms with E-state index in [1.165, 1.54) is 10.9 Å². The number of rotatable bonds is 2. The predicted octanol–water partition coefficient (Wildman–Crippen LogP) is 3.74. The third-order valence-corrected chi connectivity index (χ3v) is 2.59. The van der Waals surface area contributed by atoms with Crippen molar-refractivity contribution in [3.05, 3.63) is 41.6 Å². The third kappa shape index (κ3) is 2.17. The van der Waals surface area contributed by atoms with Gasteiger partial charge in [0.1, 0.15) is 0 Å². The minimum atomic E-state index is 0.692. The van der Waals surface area contributed by atoms with E-state index in [4.69, 9.17) is 0 Å². The molecule has 0 saturated carbocycles. The van der Waals surface area contributed by atoms with Crippen LogP contribution in [0.25, 0.3) is 10.9 Å². The van der Waals surface area contributed by atoms with Gasteiger partial charge in [-0.05, 0) is 37.0 Å². The van der Waals surface area contributed by atoms with Crippen molar-refractivity contribution in [2.24, 2.45) is 5.92 Å². The number of aryl methyl sites for hydroxylation is 1. The molecule has 0 bridgehead atoms. The molecule has 0 radical (unpaired) electrons. The number of aromatic nitrogens is 1. The summed E-state index contributed by atoms with van der Waals surface area (Å²) in [5.74, 6) is 0.692. The van der Waals surface area contributed by atoms with Crippen molar-refractivity contribution in [1.82, 2.24) is 4.98 Å². The molecule has 0 saturated heterocycles. The minimum Gasteiger partial charge on any atom is -0.253 e. The van der Waals surface area contributed by atoms with Gasteiger partial charge in [0.15, 0.2) is 0 Å². The average molecular weight is 199 g/mol. The topological polar surface area (TPSA) is 12.9 Å². The lowest BCUT2D eigenvalue weighted by Gasteiger charge is -2.08. The van der Waals surface area contributed by atoms with Crippen LogP contribution in [0, 0.1) is 12.8 Å². The molecule has 0 unspecified atom stereocenters. The fourth-order valence-electron chi connectivity index (χ4n) is 1.94. The van der Waals surface area contributed by atoms with Crippen LogP contribution in [0.2, 0.25) is 0 Å². The van der Waals surface area contributed by atoms with Crippen molar-refractivity contribution < 1.29 is 0 Å². The van der Waals surface area contributed by atoms with Gasteiger partial charge < -0.3 is 0 Å². The van der Waals surface area contributed by atoms with Gasteiger partial charge in [-0.1, -0.05) is 32.0 Å². The zero-order valence-corrected chi connectivity index (χ0v) is 9.62. The van der Waals surface area contributed by atoms with Gasteiger partial charge in [-0.3, -0.25) is 4.98 Å². The van der Waals surface area contributed by atoms with Crippen LogP contribution in [-0.4, -0.2) is 4.98 Å². The first-order chi connectivity index (χ1) is 7.16. The quantitative estimate of drug-likeness (QED) is 0.718. The summed E-state index contributed by atoms with van der Waals surface area (Å²) in [6.07, 6.45) is 1.13. The summed E-state index contributed by atoms with van der Waals surface area (Å²) in [4.78, 5) is 4.54. The van der Waals surface area contributed by atoms with E-state index in [1.54, 1.807) is 0 Å². The Labute approximate surface area is 91.2 Å². The van der Waals surface area contributed by atoms with Gasteiger partial charge >= 0.3 is 0 Å². The highest BCUT2D eigenvalue weighted by Gasteiger charge is 2.03. The van der Waals surface area contributed by atoms with Crippen LogP contribution in [0.5, 0.6) is 0 Å². The molecule has 0 fully saturated rings. The number of fused-ring (bicyclic) bond motifs is 1.